The highest BCUT2D eigenvalue weighted by Gasteiger charge is 2.14. The molecule has 2 heterocycles. The highest BCUT2D eigenvalue weighted by Crippen LogP contribution is 2.21. The van der Waals surface area contributed by atoms with Crippen molar-refractivity contribution >= 4 is 34.4 Å². The van der Waals surface area contributed by atoms with Gasteiger partial charge in [-0.1, -0.05) is 11.6 Å². The summed E-state index contributed by atoms with van der Waals surface area (Å²) in [5.74, 6) is -0.221. The van der Waals surface area contributed by atoms with Gasteiger partial charge in [0.1, 0.15) is 11.6 Å². The summed E-state index contributed by atoms with van der Waals surface area (Å²) in [6.07, 6.45) is 1.51. The van der Waals surface area contributed by atoms with Crippen molar-refractivity contribution in [2.75, 3.05) is 5.32 Å². The van der Waals surface area contributed by atoms with Crippen LogP contribution in [-0.4, -0.2) is 20.9 Å². The lowest BCUT2D eigenvalue weighted by Gasteiger charge is -2.06. The number of amides is 1. The first-order valence-corrected chi connectivity index (χ1v) is 6.50. The normalized spacial score (nSPS) is 10.8. The van der Waals surface area contributed by atoms with Crippen LogP contribution in [-0.2, 0) is 0 Å². The summed E-state index contributed by atoms with van der Waals surface area (Å²) in [6, 6.07) is 5.57. The summed E-state index contributed by atoms with van der Waals surface area (Å²) in [5, 5.41) is 2.61. The molecule has 0 aliphatic rings. The number of aromatic amines is 1. The standard InChI is InChI=1S/C14H10ClFN4O/c1-7-18-12-9(4-5-17-13(12)19-7)14(21)20-8-2-3-11(16)10(15)6-8/h2-6H,1H3,(H,20,21)(H,17,18,19). The number of anilines is 1. The van der Waals surface area contributed by atoms with Gasteiger partial charge < -0.3 is 10.3 Å². The van der Waals surface area contributed by atoms with Gasteiger partial charge in [-0.2, -0.15) is 0 Å². The van der Waals surface area contributed by atoms with E-state index in [0.717, 1.165) is 0 Å². The van der Waals surface area contributed by atoms with Crippen LogP contribution in [0.4, 0.5) is 10.1 Å². The van der Waals surface area contributed by atoms with E-state index in [2.05, 4.69) is 20.3 Å². The van der Waals surface area contributed by atoms with E-state index >= 15 is 0 Å². The van der Waals surface area contributed by atoms with E-state index in [9.17, 15) is 9.18 Å². The first kappa shape index (κ1) is 13.5. The lowest BCUT2D eigenvalue weighted by atomic mass is 10.2. The zero-order valence-electron chi connectivity index (χ0n) is 10.9. The molecule has 0 aliphatic heterocycles. The fourth-order valence-corrected chi connectivity index (χ4v) is 2.17. The number of aromatic nitrogens is 3. The number of benzene rings is 1. The third-order valence-corrected chi connectivity index (χ3v) is 3.22. The second kappa shape index (κ2) is 5.14. The minimum atomic E-state index is -0.537. The second-order valence-corrected chi connectivity index (χ2v) is 4.87. The molecule has 3 aromatic rings. The molecule has 3 rings (SSSR count). The lowest BCUT2D eigenvalue weighted by Crippen LogP contribution is -2.12. The summed E-state index contributed by atoms with van der Waals surface area (Å²) < 4.78 is 13.1. The third-order valence-electron chi connectivity index (χ3n) is 2.93. The molecular weight excluding hydrogens is 295 g/mol. The Morgan fingerprint density at radius 1 is 1.38 bits per heavy atom. The molecule has 0 saturated heterocycles. The number of hydrogen-bond acceptors (Lipinski definition) is 3. The smallest absolute Gasteiger partial charge is 0.257 e. The molecule has 0 fully saturated rings. The van der Waals surface area contributed by atoms with Crippen molar-refractivity contribution in [1.29, 1.82) is 0 Å². The van der Waals surface area contributed by atoms with E-state index in [1.807, 2.05) is 0 Å². The van der Waals surface area contributed by atoms with Crippen molar-refractivity contribution in [2.45, 2.75) is 6.92 Å². The molecule has 7 heteroatoms. The third kappa shape index (κ3) is 2.57. The van der Waals surface area contributed by atoms with Crippen LogP contribution in [0.3, 0.4) is 0 Å². The molecule has 21 heavy (non-hydrogen) atoms. The van der Waals surface area contributed by atoms with E-state index in [1.54, 1.807) is 13.0 Å². The summed E-state index contributed by atoms with van der Waals surface area (Å²) in [7, 11) is 0. The minimum Gasteiger partial charge on any atom is -0.340 e. The van der Waals surface area contributed by atoms with Gasteiger partial charge in [0.15, 0.2) is 5.65 Å². The number of nitrogens with zero attached hydrogens (tertiary/aromatic N) is 2. The monoisotopic (exact) mass is 304 g/mol. The highest BCUT2D eigenvalue weighted by molar-refractivity contribution is 6.31. The van der Waals surface area contributed by atoms with Gasteiger partial charge in [-0.3, -0.25) is 4.79 Å². The van der Waals surface area contributed by atoms with Gasteiger partial charge >= 0.3 is 0 Å². The Balaban J connectivity index is 1.95. The number of imidazole rings is 1. The number of carbonyl (C=O) groups is 1. The largest absolute Gasteiger partial charge is 0.340 e. The Hall–Kier alpha value is -2.47. The van der Waals surface area contributed by atoms with E-state index in [1.165, 1.54) is 24.4 Å². The van der Waals surface area contributed by atoms with E-state index in [-0.39, 0.29) is 10.9 Å². The maximum absolute atomic E-state index is 13.1. The van der Waals surface area contributed by atoms with Gasteiger partial charge in [0.05, 0.1) is 16.1 Å². The van der Waals surface area contributed by atoms with Crippen LogP contribution in [0.5, 0.6) is 0 Å². The highest BCUT2D eigenvalue weighted by atomic mass is 35.5. The Morgan fingerprint density at radius 2 is 2.19 bits per heavy atom. The van der Waals surface area contributed by atoms with Gasteiger partial charge in [-0.15, -0.1) is 0 Å². The molecular formula is C14H10ClFN4O. The van der Waals surface area contributed by atoms with Gasteiger partial charge in [0, 0.05) is 11.9 Å². The van der Waals surface area contributed by atoms with Crippen molar-refractivity contribution in [3.63, 3.8) is 0 Å². The maximum atomic E-state index is 13.1. The van der Waals surface area contributed by atoms with Crippen LogP contribution in [0.25, 0.3) is 11.2 Å². The fraction of sp³-hybridized carbons (Fsp3) is 0.0714. The molecule has 0 bridgehead atoms. The molecule has 0 aliphatic carbocycles. The fourth-order valence-electron chi connectivity index (χ4n) is 1.99. The molecule has 2 aromatic heterocycles. The molecule has 0 spiro atoms. The van der Waals surface area contributed by atoms with Gasteiger partial charge in [0.25, 0.3) is 5.91 Å². The molecule has 0 saturated carbocycles. The molecule has 2 N–H and O–H groups in total. The van der Waals surface area contributed by atoms with Gasteiger partial charge in [-0.25, -0.2) is 14.4 Å². The number of pyridine rings is 1. The minimum absolute atomic E-state index is 0.0509. The van der Waals surface area contributed by atoms with Crippen molar-refractivity contribution in [3.8, 4) is 0 Å². The molecule has 1 amide bonds. The van der Waals surface area contributed by atoms with Gasteiger partial charge in [-0.05, 0) is 31.2 Å². The molecule has 1 aromatic carbocycles. The van der Waals surface area contributed by atoms with E-state index in [0.29, 0.717) is 28.2 Å². The number of hydrogen-bond donors (Lipinski definition) is 2. The predicted molar refractivity (Wildman–Crippen MR) is 78.0 cm³/mol. The number of aryl methyl sites for hydroxylation is 1. The number of H-pyrrole nitrogens is 1. The predicted octanol–water partition coefficient (Wildman–Crippen LogP) is 3.31. The zero-order chi connectivity index (χ0) is 15.0. The van der Waals surface area contributed by atoms with Crippen LogP contribution >= 0.6 is 11.6 Å². The molecule has 0 unspecified atom stereocenters. The van der Waals surface area contributed by atoms with Crippen molar-refractivity contribution in [2.24, 2.45) is 0 Å². The van der Waals surface area contributed by atoms with Crippen molar-refractivity contribution in [3.05, 3.63) is 52.7 Å². The molecule has 5 nitrogen and oxygen atoms in total. The number of halogens is 2. The summed E-state index contributed by atoms with van der Waals surface area (Å²) in [5.41, 5.74) is 1.84. The Bertz CT molecular complexity index is 846. The van der Waals surface area contributed by atoms with Gasteiger partial charge in [0.2, 0.25) is 0 Å². The lowest BCUT2D eigenvalue weighted by molar-refractivity contribution is 0.102. The van der Waals surface area contributed by atoms with Crippen LogP contribution in [0.15, 0.2) is 30.5 Å². The molecule has 0 radical (unpaired) electrons. The van der Waals surface area contributed by atoms with E-state index < -0.39 is 5.82 Å². The van der Waals surface area contributed by atoms with Crippen LogP contribution in [0, 0.1) is 12.7 Å². The average molecular weight is 305 g/mol. The summed E-state index contributed by atoms with van der Waals surface area (Å²) in [4.78, 5) is 23.6. The van der Waals surface area contributed by atoms with Crippen LogP contribution < -0.4 is 5.32 Å². The van der Waals surface area contributed by atoms with Crippen LogP contribution in [0.2, 0.25) is 5.02 Å². The Labute approximate surface area is 124 Å². The summed E-state index contributed by atoms with van der Waals surface area (Å²) in [6.45, 7) is 1.78. The Morgan fingerprint density at radius 3 is 2.95 bits per heavy atom. The summed E-state index contributed by atoms with van der Waals surface area (Å²) >= 11 is 5.69. The number of rotatable bonds is 2. The first-order chi connectivity index (χ1) is 10.0. The SMILES string of the molecule is Cc1nc2nccc(C(=O)Nc3ccc(F)c(Cl)c3)c2[nH]1. The Kier molecular flexibility index (Phi) is 3.31. The molecule has 0 atom stereocenters. The second-order valence-electron chi connectivity index (χ2n) is 4.46. The quantitative estimate of drug-likeness (QED) is 0.763. The number of fused-ring (bicyclic) bond motifs is 1. The zero-order valence-corrected chi connectivity index (χ0v) is 11.7. The van der Waals surface area contributed by atoms with E-state index in [4.69, 9.17) is 11.6 Å². The molecule has 106 valence electrons. The maximum Gasteiger partial charge on any atom is 0.257 e. The average Bonchev–Trinajstić information content (AvgIpc) is 2.82. The first-order valence-electron chi connectivity index (χ1n) is 6.12. The van der Waals surface area contributed by atoms with Crippen LogP contribution in [0.1, 0.15) is 16.2 Å². The number of carbonyl (C=O) groups excluding carboxylic acids is 1. The number of nitrogens with one attached hydrogen (secondary N) is 2. The topological polar surface area (TPSA) is 70.7 Å². The van der Waals surface area contributed by atoms with Crippen molar-refractivity contribution < 1.29 is 9.18 Å². The van der Waals surface area contributed by atoms with Crippen molar-refractivity contribution in [1.82, 2.24) is 15.0 Å².